The predicted octanol–water partition coefficient (Wildman–Crippen LogP) is 1.47. The number of nitrogens with zero attached hydrogens (tertiary/aromatic N) is 2. The Labute approximate surface area is 90.9 Å². The maximum Gasteiger partial charge on any atom is 0.354 e. The lowest BCUT2D eigenvalue weighted by atomic mass is 10.3. The van der Waals surface area contributed by atoms with Gasteiger partial charge in [0.05, 0.1) is 5.69 Å². The Morgan fingerprint density at radius 3 is 2.80 bits per heavy atom. The van der Waals surface area contributed by atoms with Gasteiger partial charge in [0, 0.05) is 11.2 Å². The zero-order valence-electron chi connectivity index (χ0n) is 7.72. The first-order valence-electron chi connectivity index (χ1n) is 4.28. The Kier molecular flexibility index (Phi) is 2.43. The molecule has 0 aliphatic carbocycles. The van der Waals surface area contributed by atoms with Crippen molar-refractivity contribution in [3.63, 3.8) is 0 Å². The minimum absolute atomic E-state index is 0.207. The van der Waals surface area contributed by atoms with Crippen molar-refractivity contribution in [1.82, 2.24) is 9.55 Å². The number of hydrogen-bond acceptors (Lipinski definition) is 3. The number of halogens is 1. The summed E-state index contributed by atoms with van der Waals surface area (Å²) in [5, 5.41) is 0.566. The van der Waals surface area contributed by atoms with Crippen LogP contribution < -0.4 is 11.4 Å². The molecule has 76 valence electrons. The molecule has 0 aliphatic heterocycles. The van der Waals surface area contributed by atoms with E-state index >= 15 is 0 Å². The van der Waals surface area contributed by atoms with Gasteiger partial charge in [0.15, 0.2) is 0 Å². The third-order valence-corrected chi connectivity index (χ3v) is 2.15. The molecule has 0 amide bonds. The fourth-order valence-corrected chi connectivity index (χ4v) is 1.42. The van der Waals surface area contributed by atoms with Crippen LogP contribution in [0.4, 0.5) is 5.82 Å². The van der Waals surface area contributed by atoms with Crippen LogP contribution in [0.2, 0.25) is 5.02 Å². The number of hydrogen-bond donors (Lipinski definition) is 1. The summed E-state index contributed by atoms with van der Waals surface area (Å²) in [6, 6.07) is 8.51. The van der Waals surface area contributed by atoms with Crippen molar-refractivity contribution in [2.24, 2.45) is 0 Å². The average molecular weight is 222 g/mol. The minimum Gasteiger partial charge on any atom is -0.383 e. The molecule has 1 heterocycles. The molecular weight excluding hydrogens is 214 g/mol. The van der Waals surface area contributed by atoms with Crippen molar-refractivity contribution in [3.8, 4) is 5.69 Å². The SMILES string of the molecule is Nc1ccn(-c2cccc(Cl)c2)c(=O)n1. The zero-order valence-corrected chi connectivity index (χ0v) is 8.48. The van der Waals surface area contributed by atoms with Crippen molar-refractivity contribution in [2.45, 2.75) is 0 Å². The lowest BCUT2D eigenvalue weighted by Gasteiger charge is -2.04. The highest BCUT2D eigenvalue weighted by Gasteiger charge is 2.00. The van der Waals surface area contributed by atoms with Crippen molar-refractivity contribution in [2.75, 3.05) is 5.73 Å². The maximum atomic E-state index is 11.5. The van der Waals surface area contributed by atoms with Crippen LogP contribution in [0.5, 0.6) is 0 Å². The van der Waals surface area contributed by atoms with Crippen LogP contribution in [0.25, 0.3) is 5.69 Å². The molecule has 0 spiro atoms. The van der Waals surface area contributed by atoms with Gasteiger partial charge in [-0.15, -0.1) is 0 Å². The van der Waals surface area contributed by atoms with Crippen molar-refractivity contribution in [3.05, 3.63) is 52.0 Å². The third-order valence-electron chi connectivity index (χ3n) is 1.91. The number of rotatable bonds is 1. The number of aromatic nitrogens is 2. The molecule has 0 saturated heterocycles. The second-order valence-corrected chi connectivity index (χ2v) is 3.42. The number of nitrogen functional groups attached to an aromatic ring is 1. The molecule has 2 aromatic rings. The molecule has 0 aliphatic rings. The Morgan fingerprint density at radius 2 is 2.13 bits per heavy atom. The first kappa shape index (κ1) is 9.73. The Hall–Kier alpha value is -1.81. The van der Waals surface area contributed by atoms with E-state index in [1.54, 1.807) is 36.5 Å². The van der Waals surface area contributed by atoms with Crippen molar-refractivity contribution >= 4 is 17.4 Å². The monoisotopic (exact) mass is 221 g/mol. The van der Waals surface area contributed by atoms with Crippen LogP contribution >= 0.6 is 11.6 Å². The highest BCUT2D eigenvalue weighted by atomic mass is 35.5. The van der Waals surface area contributed by atoms with Crippen LogP contribution in [0.15, 0.2) is 41.3 Å². The normalized spacial score (nSPS) is 10.2. The minimum atomic E-state index is -0.419. The molecule has 2 N–H and O–H groups in total. The summed E-state index contributed by atoms with van der Waals surface area (Å²) in [4.78, 5) is 15.1. The fraction of sp³-hybridized carbons (Fsp3) is 0. The lowest BCUT2D eigenvalue weighted by Crippen LogP contribution is -2.21. The third kappa shape index (κ3) is 1.99. The molecule has 4 nitrogen and oxygen atoms in total. The number of anilines is 1. The summed E-state index contributed by atoms with van der Waals surface area (Å²) in [5.41, 5.74) is 5.63. The smallest absolute Gasteiger partial charge is 0.354 e. The number of benzene rings is 1. The molecule has 2 rings (SSSR count). The van der Waals surface area contributed by atoms with Crippen LogP contribution in [-0.2, 0) is 0 Å². The highest BCUT2D eigenvalue weighted by molar-refractivity contribution is 6.30. The van der Waals surface area contributed by atoms with Gasteiger partial charge in [-0.2, -0.15) is 4.98 Å². The molecular formula is C10H8ClN3O. The topological polar surface area (TPSA) is 60.9 Å². The maximum absolute atomic E-state index is 11.5. The first-order valence-corrected chi connectivity index (χ1v) is 4.66. The Morgan fingerprint density at radius 1 is 1.33 bits per heavy atom. The summed E-state index contributed by atoms with van der Waals surface area (Å²) >= 11 is 5.82. The van der Waals surface area contributed by atoms with Crippen LogP contribution in [-0.4, -0.2) is 9.55 Å². The van der Waals surface area contributed by atoms with E-state index in [2.05, 4.69) is 4.98 Å². The quantitative estimate of drug-likeness (QED) is 0.793. The van der Waals surface area contributed by atoms with E-state index in [-0.39, 0.29) is 5.82 Å². The molecule has 1 aromatic carbocycles. The van der Waals surface area contributed by atoms with Gasteiger partial charge in [-0.1, -0.05) is 17.7 Å². The first-order chi connectivity index (χ1) is 7.16. The van der Waals surface area contributed by atoms with Gasteiger partial charge in [-0.25, -0.2) is 4.79 Å². The molecule has 1 aromatic heterocycles. The Bertz CT molecular complexity index is 550. The second kappa shape index (κ2) is 3.74. The van der Waals surface area contributed by atoms with Crippen LogP contribution in [0.3, 0.4) is 0 Å². The second-order valence-electron chi connectivity index (χ2n) is 2.98. The Balaban J connectivity index is 2.59. The van der Waals surface area contributed by atoms with Gasteiger partial charge in [0.1, 0.15) is 5.82 Å². The average Bonchev–Trinajstić information content (AvgIpc) is 2.17. The van der Waals surface area contributed by atoms with Gasteiger partial charge in [0.25, 0.3) is 0 Å². The zero-order chi connectivity index (χ0) is 10.8. The van der Waals surface area contributed by atoms with Gasteiger partial charge in [-0.05, 0) is 24.3 Å². The van der Waals surface area contributed by atoms with Gasteiger partial charge in [-0.3, -0.25) is 4.57 Å². The summed E-state index contributed by atoms with van der Waals surface area (Å²) in [5.74, 6) is 0.207. The standard InChI is InChI=1S/C10H8ClN3O/c11-7-2-1-3-8(6-7)14-5-4-9(12)13-10(14)15/h1-6H,(H2,12,13,15). The summed E-state index contributed by atoms with van der Waals surface area (Å²) < 4.78 is 1.38. The van der Waals surface area contributed by atoms with Crippen molar-refractivity contribution in [1.29, 1.82) is 0 Å². The van der Waals surface area contributed by atoms with Crippen molar-refractivity contribution < 1.29 is 0 Å². The molecule has 0 radical (unpaired) electrons. The van der Waals surface area contributed by atoms with E-state index in [0.717, 1.165) is 0 Å². The predicted molar refractivity (Wildman–Crippen MR) is 59.3 cm³/mol. The molecule has 0 unspecified atom stereocenters. The van der Waals surface area contributed by atoms with E-state index < -0.39 is 5.69 Å². The van der Waals surface area contributed by atoms with E-state index in [4.69, 9.17) is 17.3 Å². The fourth-order valence-electron chi connectivity index (χ4n) is 1.24. The van der Waals surface area contributed by atoms with Gasteiger partial charge < -0.3 is 5.73 Å². The highest BCUT2D eigenvalue weighted by Crippen LogP contribution is 2.12. The molecule has 5 heteroatoms. The lowest BCUT2D eigenvalue weighted by molar-refractivity contribution is 0.920. The number of nitrogens with two attached hydrogens (primary N) is 1. The van der Waals surface area contributed by atoms with Gasteiger partial charge >= 0.3 is 5.69 Å². The van der Waals surface area contributed by atoms with E-state index in [0.29, 0.717) is 10.7 Å². The molecule has 0 bridgehead atoms. The van der Waals surface area contributed by atoms with E-state index in [9.17, 15) is 4.79 Å². The van der Waals surface area contributed by atoms with Crippen LogP contribution in [0, 0.1) is 0 Å². The molecule has 0 saturated carbocycles. The summed E-state index contributed by atoms with van der Waals surface area (Å²) in [7, 11) is 0. The van der Waals surface area contributed by atoms with E-state index in [1.807, 2.05) is 0 Å². The molecule has 0 fully saturated rings. The summed E-state index contributed by atoms with van der Waals surface area (Å²) in [6.07, 6.45) is 1.57. The van der Waals surface area contributed by atoms with E-state index in [1.165, 1.54) is 4.57 Å². The molecule has 15 heavy (non-hydrogen) atoms. The molecule has 0 atom stereocenters. The van der Waals surface area contributed by atoms with Crippen LogP contribution in [0.1, 0.15) is 0 Å². The van der Waals surface area contributed by atoms with Gasteiger partial charge in [0.2, 0.25) is 0 Å². The largest absolute Gasteiger partial charge is 0.383 e. The summed E-state index contributed by atoms with van der Waals surface area (Å²) in [6.45, 7) is 0.